The van der Waals surface area contributed by atoms with E-state index in [4.69, 9.17) is 5.11 Å². The standard InChI is InChI=1S/C15H22N4O/c1-13(14-5-3-2-4-6-14)7-8-16-11-15-12-19(9-10-20)18-17-15/h2-6,12-13,16,20H,7-11H2,1H3. The van der Waals surface area contributed by atoms with Gasteiger partial charge in [0.25, 0.3) is 0 Å². The van der Waals surface area contributed by atoms with Gasteiger partial charge in [-0.25, -0.2) is 4.68 Å². The second kappa shape index (κ2) is 7.77. The Balaban J connectivity index is 1.68. The summed E-state index contributed by atoms with van der Waals surface area (Å²) in [6.07, 6.45) is 2.96. The summed E-state index contributed by atoms with van der Waals surface area (Å²) in [5.74, 6) is 0.550. The van der Waals surface area contributed by atoms with Crippen molar-refractivity contribution in [3.63, 3.8) is 0 Å². The van der Waals surface area contributed by atoms with Gasteiger partial charge in [-0.05, 0) is 24.4 Å². The lowest BCUT2D eigenvalue weighted by Crippen LogP contribution is -2.16. The number of nitrogens with one attached hydrogen (secondary N) is 1. The first-order chi connectivity index (χ1) is 9.79. The van der Waals surface area contributed by atoms with Crippen LogP contribution in [0.15, 0.2) is 36.5 Å². The zero-order valence-corrected chi connectivity index (χ0v) is 11.9. The lowest BCUT2D eigenvalue weighted by molar-refractivity contribution is 0.268. The van der Waals surface area contributed by atoms with E-state index in [9.17, 15) is 0 Å². The van der Waals surface area contributed by atoms with Gasteiger partial charge < -0.3 is 10.4 Å². The van der Waals surface area contributed by atoms with E-state index < -0.39 is 0 Å². The molecule has 5 heteroatoms. The van der Waals surface area contributed by atoms with Gasteiger partial charge in [-0.1, -0.05) is 42.5 Å². The molecule has 20 heavy (non-hydrogen) atoms. The zero-order valence-electron chi connectivity index (χ0n) is 11.9. The molecule has 0 aliphatic rings. The third-order valence-electron chi connectivity index (χ3n) is 3.34. The number of rotatable bonds is 8. The summed E-state index contributed by atoms with van der Waals surface area (Å²) in [6, 6.07) is 10.6. The summed E-state index contributed by atoms with van der Waals surface area (Å²) in [7, 11) is 0. The Morgan fingerprint density at radius 1 is 1.30 bits per heavy atom. The molecule has 1 unspecified atom stereocenters. The van der Waals surface area contributed by atoms with Crippen LogP contribution in [0.4, 0.5) is 0 Å². The van der Waals surface area contributed by atoms with E-state index in [0.29, 0.717) is 19.0 Å². The molecule has 0 bridgehead atoms. The first-order valence-corrected chi connectivity index (χ1v) is 7.05. The van der Waals surface area contributed by atoms with Gasteiger partial charge in [-0.15, -0.1) is 5.10 Å². The van der Waals surface area contributed by atoms with E-state index in [1.807, 2.05) is 12.3 Å². The van der Waals surface area contributed by atoms with Crippen LogP contribution in [-0.4, -0.2) is 33.3 Å². The third-order valence-corrected chi connectivity index (χ3v) is 3.34. The summed E-state index contributed by atoms with van der Waals surface area (Å²) in [6.45, 7) is 4.49. The molecule has 1 heterocycles. The summed E-state index contributed by atoms with van der Waals surface area (Å²) in [4.78, 5) is 0. The molecule has 0 amide bonds. The zero-order chi connectivity index (χ0) is 14.2. The lowest BCUT2D eigenvalue weighted by atomic mass is 9.98. The predicted octanol–water partition coefficient (Wildman–Crippen LogP) is 1.55. The number of hydrogen-bond donors (Lipinski definition) is 2. The fourth-order valence-corrected chi connectivity index (χ4v) is 2.11. The summed E-state index contributed by atoms with van der Waals surface area (Å²) in [5.41, 5.74) is 2.29. The molecule has 0 saturated carbocycles. The molecule has 2 aromatic rings. The second-order valence-corrected chi connectivity index (χ2v) is 4.97. The molecule has 0 radical (unpaired) electrons. The van der Waals surface area contributed by atoms with Crippen LogP contribution in [0.5, 0.6) is 0 Å². The fourth-order valence-electron chi connectivity index (χ4n) is 2.11. The average Bonchev–Trinajstić information content (AvgIpc) is 2.92. The molecule has 108 valence electrons. The minimum atomic E-state index is 0.0881. The van der Waals surface area contributed by atoms with Crippen molar-refractivity contribution in [3.8, 4) is 0 Å². The molecule has 5 nitrogen and oxygen atoms in total. The Morgan fingerprint density at radius 3 is 2.85 bits per heavy atom. The molecule has 0 saturated heterocycles. The smallest absolute Gasteiger partial charge is 0.0964 e. The summed E-state index contributed by atoms with van der Waals surface area (Å²) in [5, 5.41) is 20.2. The van der Waals surface area contributed by atoms with E-state index in [-0.39, 0.29) is 6.61 Å². The fraction of sp³-hybridized carbons (Fsp3) is 0.467. The number of benzene rings is 1. The van der Waals surface area contributed by atoms with Gasteiger partial charge in [0.05, 0.1) is 18.8 Å². The van der Waals surface area contributed by atoms with Gasteiger partial charge >= 0.3 is 0 Å². The maximum absolute atomic E-state index is 8.81. The van der Waals surface area contributed by atoms with Crippen molar-refractivity contribution in [2.45, 2.75) is 32.4 Å². The normalized spacial score (nSPS) is 12.5. The molecule has 0 spiro atoms. The molecule has 1 aromatic carbocycles. The summed E-state index contributed by atoms with van der Waals surface area (Å²) >= 11 is 0. The maximum atomic E-state index is 8.81. The first kappa shape index (κ1) is 14.7. The molecular weight excluding hydrogens is 252 g/mol. The Hall–Kier alpha value is -1.72. The van der Waals surface area contributed by atoms with Gasteiger partial charge in [0.2, 0.25) is 0 Å². The van der Waals surface area contributed by atoms with Crippen LogP contribution < -0.4 is 5.32 Å². The molecular formula is C15H22N4O. The Labute approximate surface area is 119 Å². The van der Waals surface area contributed by atoms with Crippen molar-refractivity contribution in [2.24, 2.45) is 0 Å². The highest BCUT2D eigenvalue weighted by Gasteiger charge is 2.05. The van der Waals surface area contributed by atoms with Crippen LogP contribution in [0.1, 0.15) is 30.5 Å². The van der Waals surface area contributed by atoms with Crippen molar-refractivity contribution < 1.29 is 5.11 Å². The third kappa shape index (κ3) is 4.43. The molecule has 2 N–H and O–H groups in total. The topological polar surface area (TPSA) is 63.0 Å². The van der Waals surface area contributed by atoms with Gasteiger partial charge in [-0.3, -0.25) is 0 Å². The first-order valence-electron chi connectivity index (χ1n) is 7.05. The van der Waals surface area contributed by atoms with Crippen molar-refractivity contribution >= 4 is 0 Å². The van der Waals surface area contributed by atoms with Crippen LogP contribution in [0.2, 0.25) is 0 Å². The van der Waals surface area contributed by atoms with Crippen LogP contribution in [0.25, 0.3) is 0 Å². The molecule has 0 aliphatic carbocycles. The van der Waals surface area contributed by atoms with Gasteiger partial charge in [0.1, 0.15) is 0 Å². The Kier molecular flexibility index (Phi) is 5.70. The summed E-state index contributed by atoms with van der Waals surface area (Å²) < 4.78 is 1.66. The van der Waals surface area contributed by atoms with Crippen molar-refractivity contribution in [3.05, 3.63) is 47.8 Å². The highest BCUT2D eigenvalue weighted by Crippen LogP contribution is 2.17. The van der Waals surface area contributed by atoms with E-state index >= 15 is 0 Å². The quantitative estimate of drug-likeness (QED) is 0.717. The number of nitrogens with zero attached hydrogens (tertiary/aromatic N) is 3. The highest BCUT2D eigenvalue weighted by molar-refractivity contribution is 5.18. The minimum absolute atomic E-state index is 0.0881. The van der Waals surface area contributed by atoms with E-state index in [0.717, 1.165) is 18.7 Å². The molecule has 2 rings (SSSR count). The monoisotopic (exact) mass is 274 g/mol. The van der Waals surface area contributed by atoms with Crippen molar-refractivity contribution in [1.29, 1.82) is 0 Å². The van der Waals surface area contributed by atoms with Gasteiger partial charge in [-0.2, -0.15) is 0 Å². The van der Waals surface area contributed by atoms with E-state index in [1.54, 1.807) is 4.68 Å². The van der Waals surface area contributed by atoms with E-state index in [2.05, 4.69) is 46.8 Å². The van der Waals surface area contributed by atoms with Crippen LogP contribution in [0.3, 0.4) is 0 Å². The highest BCUT2D eigenvalue weighted by atomic mass is 16.3. The lowest BCUT2D eigenvalue weighted by Gasteiger charge is -2.11. The molecule has 1 aromatic heterocycles. The van der Waals surface area contributed by atoms with Crippen molar-refractivity contribution in [1.82, 2.24) is 20.3 Å². The maximum Gasteiger partial charge on any atom is 0.0964 e. The van der Waals surface area contributed by atoms with Crippen LogP contribution in [-0.2, 0) is 13.1 Å². The number of aliphatic hydroxyl groups is 1. The molecule has 0 aliphatic heterocycles. The van der Waals surface area contributed by atoms with Gasteiger partial charge in [0, 0.05) is 12.7 Å². The Bertz CT molecular complexity index is 498. The number of aromatic nitrogens is 3. The molecule has 1 atom stereocenters. The Morgan fingerprint density at radius 2 is 2.10 bits per heavy atom. The van der Waals surface area contributed by atoms with Gasteiger partial charge in [0.15, 0.2) is 0 Å². The number of hydrogen-bond acceptors (Lipinski definition) is 4. The van der Waals surface area contributed by atoms with Crippen LogP contribution in [0, 0.1) is 0 Å². The van der Waals surface area contributed by atoms with E-state index in [1.165, 1.54) is 5.56 Å². The van der Waals surface area contributed by atoms with Crippen molar-refractivity contribution in [2.75, 3.05) is 13.2 Å². The second-order valence-electron chi connectivity index (χ2n) is 4.97. The average molecular weight is 274 g/mol. The minimum Gasteiger partial charge on any atom is -0.394 e. The predicted molar refractivity (Wildman–Crippen MR) is 78.3 cm³/mol. The SMILES string of the molecule is CC(CCNCc1cn(CCO)nn1)c1ccccc1. The largest absolute Gasteiger partial charge is 0.394 e. The molecule has 0 fully saturated rings. The van der Waals surface area contributed by atoms with Crippen LogP contribution >= 0.6 is 0 Å². The number of aliphatic hydroxyl groups excluding tert-OH is 1.